The zero-order valence-electron chi connectivity index (χ0n) is 10.1. The van der Waals surface area contributed by atoms with Gasteiger partial charge in [0, 0.05) is 12.2 Å². The summed E-state index contributed by atoms with van der Waals surface area (Å²) in [5.74, 6) is 1.31. The molecule has 1 aromatic rings. The van der Waals surface area contributed by atoms with Crippen molar-refractivity contribution in [3.63, 3.8) is 0 Å². The van der Waals surface area contributed by atoms with Crippen LogP contribution in [-0.4, -0.2) is 26.6 Å². The topological polar surface area (TPSA) is 94.9 Å². The largest absolute Gasteiger partial charge is 0.368 e. The maximum atomic E-state index is 11.0. The van der Waals surface area contributed by atoms with Gasteiger partial charge in [0.25, 0.3) is 0 Å². The van der Waals surface area contributed by atoms with Crippen molar-refractivity contribution < 1.29 is 4.79 Å². The smallest absolute Gasteiger partial charge is 0.237 e. The third kappa shape index (κ3) is 4.61. The predicted molar refractivity (Wildman–Crippen MR) is 71.0 cm³/mol. The molecular formula is C10H18N4OS2. The lowest BCUT2D eigenvalue weighted by Gasteiger charge is -2.19. The van der Waals surface area contributed by atoms with E-state index in [4.69, 9.17) is 11.5 Å². The molecule has 1 atom stereocenters. The first kappa shape index (κ1) is 14.4. The minimum absolute atomic E-state index is 0.452. The molecule has 0 aromatic carbocycles. The number of hydrogen-bond acceptors (Lipinski definition) is 6. The molecule has 0 spiro atoms. The number of carbonyl (C=O) groups excluding carboxylic acids is 1. The Bertz CT molecular complexity index is 378. The van der Waals surface area contributed by atoms with Crippen LogP contribution in [0.4, 0.5) is 0 Å². The zero-order chi connectivity index (χ0) is 12.9. The monoisotopic (exact) mass is 274 g/mol. The fourth-order valence-electron chi connectivity index (χ4n) is 1.16. The van der Waals surface area contributed by atoms with Crippen molar-refractivity contribution >= 4 is 29.2 Å². The van der Waals surface area contributed by atoms with Crippen LogP contribution in [0, 0.1) is 0 Å². The van der Waals surface area contributed by atoms with Crippen LogP contribution in [-0.2, 0) is 11.2 Å². The van der Waals surface area contributed by atoms with Gasteiger partial charge in [-0.2, -0.15) is 4.37 Å². The van der Waals surface area contributed by atoms with E-state index in [-0.39, 0.29) is 0 Å². The Morgan fingerprint density at radius 1 is 1.59 bits per heavy atom. The molecule has 1 unspecified atom stereocenters. The Morgan fingerprint density at radius 3 is 2.82 bits per heavy atom. The van der Waals surface area contributed by atoms with Gasteiger partial charge in [0.15, 0.2) is 4.34 Å². The molecule has 0 saturated heterocycles. The third-order valence-electron chi connectivity index (χ3n) is 2.39. The zero-order valence-corrected chi connectivity index (χ0v) is 11.7. The van der Waals surface area contributed by atoms with E-state index in [2.05, 4.69) is 9.36 Å². The van der Waals surface area contributed by atoms with Gasteiger partial charge in [0.05, 0.1) is 5.54 Å². The van der Waals surface area contributed by atoms with E-state index in [1.807, 2.05) is 6.92 Å². The highest BCUT2D eigenvalue weighted by atomic mass is 32.2. The number of nitrogens with zero attached hydrogens (tertiary/aromatic N) is 2. The van der Waals surface area contributed by atoms with Gasteiger partial charge in [-0.15, -0.1) is 0 Å². The van der Waals surface area contributed by atoms with E-state index in [0.717, 1.165) is 28.8 Å². The fraction of sp³-hybridized carbons (Fsp3) is 0.700. The van der Waals surface area contributed by atoms with Crippen molar-refractivity contribution in [3.8, 4) is 0 Å². The summed E-state index contributed by atoms with van der Waals surface area (Å²) in [4.78, 5) is 15.3. The summed E-state index contributed by atoms with van der Waals surface area (Å²) < 4.78 is 5.17. The van der Waals surface area contributed by atoms with Crippen LogP contribution in [0.2, 0.25) is 0 Å². The maximum Gasteiger partial charge on any atom is 0.237 e. The predicted octanol–water partition coefficient (Wildman–Crippen LogP) is 1.18. The van der Waals surface area contributed by atoms with Gasteiger partial charge in [-0.05, 0) is 31.3 Å². The second kappa shape index (κ2) is 6.32. The highest BCUT2D eigenvalue weighted by Crippen LogP contribution is 2.22. The summed E-state index contributed by atoms with van der Waals surface area (Å²) in [5, 5.41) is 0. The molecule has 0 fully saturated rings. The van der Waals surface area contributed by atoms with E-state index in [1.54, 1.807) is 18.7 Å². The van der Waals surface area contributed by atoms with Gasteiger partial charge >= 0.3 is 0 Å². The highest BCUT2D eigenvalue weighted by Gasteiger charge is 2.24. The molecule has 0 aliphatic heterocycles. The SMILES string of the molecule is CCc1nsc(SCCCC(C)(N)C(N)=O)n1. The Labute approximate surface area is 110 Å². The first-order valence-electron chi connectivity index (χ1n) is 5.50. The summed E-state index contributed by atoms with van der Waals surface area (Å²) >= 11 is 3.06. The van der Waals surface area contributed by atoms with E-state index < -0.39 is 11.4 Å². The molecule has 5 nitrogen and oxygen atoms in total. The van der Waals surface area contributed by atoms with Crippen LogP contribution in [0.15, 0.2) is 4.34 Å². The lowest BCUT2D eigenvalue weighted by Crippen LogP contribution is -2.49. The first-order chi connectivity index (χ1) is 7.95. The Morgan fingerprint density at radius 2 is 2.29 bits per heavy atom. The normalized spacial score (nSPS) is 14.5. The quantitative estimate of drug-likeness (QED) is 0.575. The molecule has 96 valence electrons. The van der Waals surface area contributed by atoms with Gasteiger partial charge in [-0.3, -0.25) is 4.79 Å². The molecule has 1 aromatic heterocycles. The minimum Gasteiger partial charge on any atom is -0.368 e. The molecule has 1 amide bonds. The van der Waals surface area contributed by atoms with E-state index >= 15 is 0 Å². The molecule has 0 aliphatic rings. The van der Waals surface area contributed by atoms with Crippen LogP contribution in [0.3, 0.4) is 0 Å². The van der Waals surface area contributed by atoms with Gasteiger partial charge in [-0.25, -0.2) is 4.98 Å². The second-order valence-corrected chi connectivity index (χ2v) is 6.16. The van der Waals surface area contributed by atoms with Gasteiger partial charge < -0.3 is 11.5 Å². The number of amides is 1. The number of rotatable bonds is 7. The maximum absolute atomic E-state index is 11.0. The van der Waals surface area contributed by atoms with Crippen LogP contribution in [0.5, 0.6) is 0 Å². The minimum atomic E-state index is -0.906. The second-order valence-electron chi connectivity index (χ2n) is 4.06. The van der Waals surface area contributed by atoms with Crippen molar-refractivity contribution in [2.75, 3.05) is 5.75 Å². The number of hydrogen-bond donors (Lipinski definition) is 2. The molecular weight excluding hydrogens is 256 g/mol. The van der Waals surface area contributed by atoms with Gasteiger partial charge in [0.2, 0.25) is 5.91 Å². The molecule has 1 rings (SSSR count). The van der Waals surface area contributed by atoms with Gasteiger partial charge in [0.1, 0.15) is 5.82 Å². The van der Waals surface area contributed by atoms with Crippen molar-refractivity contribution in [2.45, 2.75) is 43.0 Å². The lowest BCUT2D eigenvalue weighted by molar-refractivity contribution is -0.122. The molecule has 4 N–H and O–H groups in total. The van der Waals surface area contributed by atoms with Crippen molar-refractivity contribution in [3.05, 3.63) is 5.82 Å². The highest BCUT2D eigenvalue weighted by molar-refractivity contribution is 8.00. The molecule has 17 heavy (non-hydrogen) atoms. The Kier molecular flexibility index (Phi) is 5.35. The van der Waals surface area contributed by atoms with E-state index in [9.17, 15) is 4.79 Å². The molecule has 0 bridgehead atoms. The molecule has 1 heterocycles. The number of aryl methyl sites for hydroxylation is 1. The van der Waals surface area contributed by atoms with Crippen LogP contribution in [0.1, 0.15) is 32.5 Å². The fourth-order valence-corrected chi connectivity index (χ4v) is 2.87. The number of primary amides is 1. The standard InChI is InChI=1S/C10H18N4OS2/c1-3-7-13-9(17-14-7)16-6-4-5-10(2,12)8(11)15/h3-6,12H2,1-2H3,(H2,11,15). The van der Waals surface area contributed by atoms with Crippen molar-refractivity contribution in [1.29, 1.82) is 0 Å². The number of thioether (sulfide) groups is 1. The van der Waals surface area contributed by atoms with Crippen molar-refractivity contribution in [1.82, 2.24) is 9.36 Å². The molecule has 0 radical (unpaired) electrons. The Hall–Kier alpha value is -0.660. The lowest BCUT2D eigenvalue weighted by atomic mass is 9.97. The summed E-state index contributed by atoms with van der Waals surface area (Å²) in [6.45, 7) is 3.70. The number of carbonyl (C=O) groups is 1. The van der Waals surface area contributed by atoms with Gasteiger partial charge in [-0.1, -0.05) is 18.7 Å². The average molecular weight is 274 g/mol. The Balaban J connectivity index is 2.27. The molecule has 0 aliphatic carbocycles. The third-order valence-corrected chi connectivity index (χ3v) is 4.35. The summed E-state index contributed by atoms with van der Waals surface area (Å²) in [6.07, 6.45) is 2.29. The summed E-state index contributed by atoms with van der Waals surface area (Å²) in [6, 6.07) is 0. The van der Waals surface area contributed by atoms with E-state index in [1.165, 1.54) is 11.5 Å². The van der Waals surface area contributed by atoms with Crippen LogP contribution < -0.4 is 11.5 Å². The van der Waals surface area contributed by atoms with Crippen molar-refractivity contribution in [2.24, 2.45) is 11.5 Å². The average Bonchev–Trinajstić information content (AvgIpc) is 2.72. The molecule has 7 heteroatoms. The molecule has 0 saturated carbocycles. The first-order valence-corrected chi connectivity index (χ1v) is 7.26. The van der Waals surface area contributed by atoms with Crippen LogP contribution >= 0.6 is 23.3 Å². The van der Waals surface area contributed by atoms with E-state index in [0.29, 0.717) is 6.42 Å². The summed E-state index contributed by atoms with van der Waals surface area (Å²) in [5.41, 5.74) is 10.0. The summed E-state index contributed by atoms with van der Waals surface area (Å²) in [7, 11) is 0. The van der Waals surface area contributed by atoms with Crippen LogP contribution in [0.25, 0.3) is 0 Å². The number of nitrogens with two attached hydrogens (primary N) is 2. The number of aromatic nitrogens is 2.